The van der Waals surface area contributed by atoms with E-state index in [2.05, 4.69) is 32.8 Å². The SMILES string of the molecule is COC1C(N(C)C)C[C@@H](C)O[C@H]1C. The van der Waals surface area contributed by atoms with Crippen LogP contribution in [0.5, 0.6) is 0 Å². The van der Waals surface area contributed by atoms with Crippen LogP contribution in [-0.4, -0.2) is 50.5 Å². The van der Waals surface area contributed by atoms with Crippen LogP contribution in [0.2, 0.25) is 0 Å². The highest BCUT2D eigenvalue weighted by atomic mass is 16.5. The van der Waals surface area contributed by atoms with Gasteiger partial charge in [-0.3, -0.25) is 0 Å². The molecule has 0 aliphatic carbocycles. The molecule has 0 aromatic carbocycles. The average molecular weight is 187 g/mol. The van der Waals surface area contributed by atoms with Crippen molar-refractivity contribution in [2.45, 2.75) is 44.6 Å². The van der Waals surface area contributed by atoms with Crippen LogP contribution in [-0.2, 0) is 9.47 Å². The minimum Gasteiger partial charge on any atom is -0.377 e. The van der Waals surface area contributed by atoms with E-state index in [0.717, 1.165) is 6.42 Å². The molecule has 2 unspecified atom stereocenters. The first-order chi connectivity index (χ1) is 6.06. The van der Waals surface area contributed by atoms with E-state index in [0.29, 0.717) is 12.1 Å². The van der Waals surface area contributed by atoms with E-state index in [1.807, 2.05) is 0 Å². The van der Waals surface area contributed by atoms with Crippen LogP contribution in [0.1, 0.15) is 20.3 Å². The maximum Gasteiger partial charge on any atom is 0.0985 e. The van der Waals surface area contributed by atoms with Gasteiger partial charge in [0.25, 0.3) is 0 Å². The predicted molar refractivity (Wildman–Crippen MR) is 52.9 cm³/mol. The van der Waals surface area contributed by atoms with Gasteiger partial charge in [0.1, 0.15) is 0 Å². The Morgan fingerprint density at radius 1 is 1.31 bits per heavy atom. The molecule has 0 aromatic heterocycles. The lowest BCUT2D eigenvalue weighted by Crippen LogP contribution is -2.53. The summed E-state index contributed by atoms with van der Waals surface area (Å²) in [6, 6.07) is 0.476. The van der Waals surface area contributed by atoms with Gasteiger partial charge in [-0.25, -0.2) is 0 Å². The lowest BCUT2D eigenvalue weighted by atomic mass is 9.96. The van der Waals surface area contributed by atoms with Crippen LogP contribution in [0.3, 0.4) is 0 Å². The summed E-state index contributed by atoms with van der Waals surface area (Å²) in [7, 11) is 5.96. The molecular formula is C10H21NO2. The molecule has 0 N–H and O–H groups in total. The molecule has 0 radical (unpaired) electrons. The number of ether oxygens (including phenoxy) is 2. The summed E-state index contributed by atoms with van der Waals surface area (Å²) in [4.78, 5) is 2.23. The molecule has 3 nitrogen and oxygen atoms in total. The van der Waals surface area contributed by atoms with Gasteiger partial charge in [0.05, 0.1) is 18.3 Å². The zero-order chi connectivity index (χ0) is 10.0. The first-order valence-electron chi connectivity index (χ1n) is 4.91. The Labute approximate surface area is 81.0 Å². The zero-order valence-electron chi connectivity index (χ0n) is 9.28. The number of likely N-dealkylation sites (N-methyl/N-ethyl adjacent to an activating group) is 1. The molecule has 0 bridgehead atoms. The van der Waals surface area contributed by atoms with E-state index in [4.69, 9.17) is 9.47 Å². The van der Waals surface area contributed by atoms with Gasteiger partial charge in [-0.2, -0.15) is 0 Å². The standard InChI is InChI=1S/C10H21NO2/c1-7-6-9(11(3)4)10(12-5)8(2)13-7/h7-10H,6H2,1-5H3/t7-,8+,9?,10?/m1/s1. The summed E-state index contributed by atoms with van der Waals surface area (Å²) in [5.74, 6) is 0. The summed E-state index contributed by atoms with van der Waals surface area (Å²) in [6.45, 7) is 4.21. The van der Waals surface area contributed by atoms with Gasteiger partial charge in [-0.05, 0) is 34.4 Å². The molecule has 1 saturated heterocycles. The Balaban J connectivity index is 2.66. The fraction of sp³-hybridized carbons (Fsp3) is 1.00. The lowest BCUT2D eigenvalue weighted by molar-refractivity contribution is -0.146. The summed E-state index contributed by atoms with van der Waals surface area (Å²) < 4.78 is 11.2. The van der Waals surface area contributed by atoms with Crippen LogP contribution in [0, 0.1) is 0 Å². The van der Waals surface area contributed by atoms with Crippen molar-refractivity contribution in [3.05, 3.63) is 0 Å². The molecule has 3 heteroatoms. The number of methoxy groups -OCH3 is 1. The minimum absolute atomic E-state index is 0.196. The van der Waals surface area contributed by atoms with Crippen LogP contribution in [0.25, 0.3) is 0 Å². The van der Waals surface area contributed by atoms with E-state index in [1.165, 1.54) is 0 Å². The fourth-order valence-electron chi connectivity index (χ4n) is 2.14. The number of rotatable bonds is 2. The van der Waals surface area contributed by atoms with Crippen molar-refractivity contribution in [2.75, 3.05) is 21.2 Å². The Hall–Kier alpha value is -0.120. The largest absolute Gasteiger partial charge is 0.377 e. The van der Waals surface area contributed by atoms with Gasteiger partial charge < -0.3 is 14.4 Å². The lowest BCUT2D eigenvalue weighted by Gasteiger charge is -2.41. The van der Waals surface area contributed by atoms with Gasteiger partial charge in [0.2, 0.25) is 0 Å². The Morgan fingerprint density at radius 2 is 1.92 bits per heavy atom. The molecule has 13 heavy (non-hydrogen) atoms. The Morgan fingerprint density at radius 3 is 2.38 bits per heavy atom. The van der Waals surface area contributed by atoms with Crippen molar-refractivity contribution < 1.29 is 9.47 Å². The summed E-state index contributed by atoms with van der Waals surface area (Å²) in [5.41, 5.74) is 0. The molecular weight excluding hydrogens is 166 g/mol. The highest BCUT2D eigenvalue weighted by Gasteiger charge is 2.35. The average Bonchev–Trinajstić information content (AvgIpc) is 2.02. The Bertz CT molecular complexity index is 161. The van der Waals surface area contributed by atoms with E-state index in [1.54, 1.807) is 7.11 Å². The van der Waals surface area contributed by atoms with Crippen LogP contribution < -0.4 is 0 Å². The molecule has 1 rings (SSSR count). The van der Waals surface area contributed by atoms with Crippen molar-refractivity contribution in [1.29, 1.82) is 0 Å². The number of nitrogens with zero attached hydrogens (tertiary/aromatic N) is 1. The van der Waals surface area contributed by atoms with Crippen LogP contribution in [0.15, 0.2) is 0 Å². The van der Waals surface area contributed by atoms with Gasteiger partial charge in [0.15, 0.2) is 0 Å². The normalized spacial score (nSPS) is 41.1. The summed E-state index contributed by atoms with van der Waals surface area (Å²) >= 11 is 0. The van der Waals surface area contributed by atoms with E-state index in [9.17, 15) is 0 Å². The second-order valence-corrected chi connectivity index (χ2v) is 4.12. The molecule has 0 aromatic rings. The third-order valence-corrected chi connectivity index (χ3v) is 2.80. The topological polar surface area (TPSA) is 21.7 Å². The number of hydrogen-bond donors (Lipinski definition) is 0. The monoisotopic (exact) mass is 187 g/mol. The third kappa shape index (κ3) is 2.42. The van der Waals surface area contributed by atoms with Crippen molar-refractivity contribution >= 4 is 0 Å². The fourth-order valence-corrected chi connectivity index (χ4v) is 2.14. The molecule has 1 fully saturated rings. The van der Waals surface area contributed by atoms with Crippen molar-refractivity contribution in [3.63, 3.8) is 0 Å². The minimum atomic E-state index is 0.196. The molecule has 0 spiro atoms. The van der Waals surface area contributed by atoms with E-state index >= 15 is 0 Å². The van der Waals surface area contributed by atoms with Crippen molar-refractivity contribution in [1.82, 2.24) is 4.90 Å². The van der Waals surface area contributed by atoms with E-state index in [-0.39, 0.29) is 12.2 Å². The van der Waals surface area contributed by atoms with Gasteiger partial charge in [-0.1, -0.05) is 0 Å². The maximum absolute atomic E-state index is 5.72. The summed E-state index contributed by atoms with van der Waals surface area (Å²) in [6.07, 6.45) is 1.79. The Kier molecular flexibility index (Phi) is 3.71. The van der Waals surface area contributed by atoms with E-state index < -0.39 is 0 Å². The molecule has 4 atom stereocenters. The number of hydrogen-bond acceptors (Lipinski definition) is 3. The van der Waals surface area contributed by atoms with Crippen LogP contribution >= 0.6 is 0 Å². The molecule has 0 amide bonds. The molecule has 1 heterocycles. The second kappa shape index (κ2) is 4.40. The first-order valence-corrected chi connectivity index (χ1v) is 4.91. The molecule has 1 aliphatic heterocycles. The zero-order valence-corrected chi connectivity index (χ0v) is 9.28. The maximum atomic E-state index is 5.72. The highest BCUT2D eigenvalue weighted by Crippen LogP contribution is 2.24. The molecule has 0 saturated carbocycles. The quantitative estimate of drug-likeness (QED) is 0.647. The van der Waals surface area contributed by atoms with Crippen molar-refractivity contribution in [2.24, 2.45) is 0 Å². The van der Waals surface area contributed by atoms with Gasteiger partial charge >= 0.3 is 0 Å². The molecule has 1 aliphatic rings. The third-order valence-electron chi connectivity index (χ3n) is 2.80. The second-order valence-electron chi connectivity index (χ2n) is 4.12. The van der Waals surface area contributed by atoms with Crippen LogP contribution in [0.4, 0.5) is 0 Å². The van der Waals surface area contributed by atoms with Gasteiger partial charge in [-0.15, -0.1) is 0 Å². The van der Waals surface area contributed by atoms with Crippen molar-refractivity contribution in [3.8, 4) is 0 Å². The molecule has 78 valence electrons. The first kappa shape index (κ1) is 11.0. The van der Waals surface area contributed by atoms with Gasteiger partial charge in [0, 0.05) is 13.2 Å². The highest BCUT2D eigenvalue weighted by molar-refractivity contribution is 4.87. The predicted octanol–water partition coefficient (Wildman–Crippen LogP) is 1.13. The smallest absolute Gasteiger partial charge is 0.0985 e. The summed E-state index contributed by atoms with van der Waals surface area (Å²) in [5, 5.41) is 0.